The predicted octanol–water partition coefficient (Wildman–Crippen LogP) is 3.05. The van der Waals surface area contributed by atoms with Crippen LogP contribution < -0.4 is 0 Å². The van der Waals surface area contributed by atoms with E-state index in [1.54, 1.807) is 0 Å². The number of rotatable bonds is 2. The summed E-state index contributed by atoms with van der Waals surface area (Å²) in [5.74, 6) is 0.862. The van der Waals surface area contributed by atoms with Crippen molar-refractivity contribution >= 4 is 0 Å². The van der Waals surface area contributed by atoms with Crippen molar-refractivity contribution in [1.29, 1.82) is 0 Å². The van der Waals surface area contributed by atoms with Gasteiger partial charge in [-0.2, -0.15) is 0 Å². The van der Waals surface area contributed by atoms with E-state index in [0.717, 1.165) is 5.92 Å². The lowest BCUT2D eigenvalue weighted by Gasteiger charge is -2.48. The maximum Gasteiger partial charge on any atom is 0.0746 e. The van der Waals surface area contributed by atoms with Crippen LogP contribution in [0.3, 0.4) is 0 Å². The Morgan fingerprint density at radius 1 is 1.24 bits per heavy atom. The molecular formula is C15H29NO. The zero-order valence-corrected chi connectivity index (χ0v) is 11.8. The van der Waals surface area contributed by atoms with Crippen LogP contribution in [0.5, 0.6) is 0 Å². The average molecular weight is 239 g/mol. The van der Waals surface area contributed by atoms with Gasteiger partial charge >= 0.3 is 0 Å². The van der Waals surface area contributed by atoms with Crippen molar-refractivity contribution in [2.24, 2.45) is 11.3 Å². The molecule has 0 radical (unpaired) electrons. The molecule has 0 aromatic heterocycles. The Kier molecular flexibility index (Phi) is 4.14. The summed E-state index contributed by atoms with van der Waals surface area (Å²) in [7, 11) is 0. The molecule has 2 nitrogen and oxygen atoms in total. The standard InChI is InChI=1S/C15H29NO/c1-4-12-7-6-10-16(11-12)13-8-5-9-15(2,3)14(13)17/h12-14,17H,4-11H2,1-3H3. The van der Waals surface area contributed by atoms with Gasteiger partial charge in [0.2, 0.25) is 0 Å². The normalized spacial score (nSPS) is 39.2. The predicted molar refractivity (Wildman–Crippen MR) is 72.0 cm³/mol. The lowest BCUT2D eigenvalue weighted by Crippen LogP contribution is -2.54. The van der Waals surface area contributed by atoms with E-state index < -0.39 is 0 Å². The lowest BCUT2D eigenvalue weighted by molar-refractivity contribution is -0.0670. The van der Waals surface area contributed by atoms with Gasteiger partial charge in [0.15, 0.2) is 0 Å². The minimum atomic E-state index is -0.133. The molecule has 2 fully saturated rings. The van der Waals surface area contributed by atoms with Gasteiger partial charge in [0.1, 0.15) is 0 Å². The molecule has 1 aliphatic carbocycles. The minimum Gasteiger partial charge on any atom is -0.391 e. The molecule has 0 aromatic rings. The number of nitrogens with zero attached hydrogens (tertiary/aromatic N) is 1. The third kappa shape index (κ3) is 2.85. The quantitative estimate of drug-likeness (QED) is 0.800. The summed E-state index contributed by atoms with van der Waals surface area (Å²) in [6.07, 6.45) is 7.52. The first-order chi connectivity index (χ1) is 8.04. The van der Waals surface area contributed by atoms with Crippen molar-refractivity contribution in [2.75, 3.05) is 13.1 Å². The second-order valence-corrected chi connectivity index (χ2v) is 6.80. The van der Waals surface area contributed by atoms with E-state index in [0.29, 0.717) is 6.04 Å². The fourth-order valence-corrected chi connectivity index (χ4v) is 3.71. The number of hydrogen-bond donors (Lipinski definition) is 1. The molecular weight excluding hydrogens is 210 g/mol. The van der Waals surface area contributed by atoms with Crippen LogP contribution in [-0.4, -0.2) is 35.2 Å². The molecule has 2 rings (SSSR count). The number of aliphatic hydroxyl groups is 1. The summed E-state index contributed by atoms with van der Waals surface area (Å²) >= 11 is 0. The van der Waals surface area contributed by atoms with E-state index >= 15 is 0 Å². The molecule has 17 heavy (non-hydrogen) atoms. The summed E-state index contributed by atoms with van der Waals surface area (Å²) in [5, 5.41) is 10.6. The summed E-state index contributed by atoms with van der Waals surface area (Å²) in [4.78, 5) is 2.59. The van der Waals surface area contributed by atoms with E-state index in [1.165, 1.54) is 51.6 Å². The van der Waals surface area contributed by atoms with Gasteiger partial charge < -0.3 is 5.11 Å². The zero-order valence-electron chi connectivity index (χ0n) is 11.8. The highest BCUT2D eigenvalue weighted by Gasteiger charge is 2.41. The Hall–Kier alpha value is -0.0800. The Morgan fingerprint density at radius 2 is 2.00 bits per heavy atom. The van der Waals surface area contributed by atoms with Crippen LogP contribution in [-0.2, 0) is 0 Å². The molecule has 1 heterocycles. The first-order valence-corrected chi connectivity index (χ1v) is 7.46. The topological polar surface area (TPSA) is 23.5 Å². The van der Waals surface area contributed by atoms with Gasteiger partial charge in [-0.25, -0.2) is 0 Å². The summed E-state index contributed by atoms with van der Waals surface area (Å²) in [6, 6.07) is 0.424. The van der Waals surface area contributed by atoms with Crippen molar-refractivity contribution in [3.63, 3.8) is 0 Å². The Bertz CT molecular complexity index is 251. The van der Waals surface area contributed by atoms with Crippen LogP contribution in [0.2, 0.25) is 0 Å². The van der Waals surface area contributed by atoms with Crippen LogP contribution in [0.15, 0.2) is 0 Å². The van der Waals surface area contributed by atoms with Crippen LogP contribution in [0, 0.1) is 11.3 Å². The minimum absolute atomic E-state index is 0.113. The molecule has 0 bridgehead atoms. The molecule has 3 atom stereocenters. The summed E-state index contributed by atoms with van der Waals surface area (Å²) < 4.78 is 0. The Balaban J connectivity index is 2.00. The van der Waals surface area contributed by atoms with Gasteiger partial charge in [-0.15, -0.1) is 0 Å². The fraction of sp³-hybridized carbons (Fsp3) is 1.00. The number of piperidine rings is 1. The van der Waals surface area contributed by atoms with Crippen molar-refractivity contribution in [3.05, 3.63) is 0 Å². The monoisotopic (exact) mass is 239 g/mol. The SMILES string of the molecule is CCC1CCCN(C2CCCC(C)(C)C2O)C1. The molecule has 2 aliphatic rings. The maximum atomic E-state index is 10.6. The first kappa shape index (κ1) is 13.4. The van der Waals surface area contributed by atoms with Crippen molar-refractivity contribution in [2.45, 2.75) is 71.4 Å². The molecule has 0 aromatic carbocycles. The second-order valence-electron chi connectivity index (χ2n) is 6.80. The maximum absolute atomic E-state index is 10.6. The highest BCUT2D eigenvalue weighted by atomic mass is 16.3. The molecule has 3 unspecified atom stereocenters. The van der Waals surface area contributed by atoms with Crippen LogP contribution in [0.25, 0.3) is 0 Å². The smallest absolute Gasteiger partial charge is 0.0746 e. The van der Waals surface area contributed by atoms with Crippen molar-refractivity contribution < 1.29 is 5.11 Å². The Labute approximate surface area is 106 Å². The first-order valence-electron chi connectivity index (χ1n) is 7.46. The van der Waals surface area contributed by atoms with Gasteiger partial charge in [0.05, 0.1) is 6.10 Å². The van der Waals surface area contributed by atoms with Gasteiger partial charge in [-0.05, 0) is 43.6 Å². The van der Waals surface area contributed by atoms with E-state index in [4.69, 9.17) is 0 Å². The molecule has 0 amide bonds. The Morgan fingerprint density at radius 3 is 2.71 bits per heavy atom. The number of likely N-dealkylation sites (tertiary alicyclic amines) is 1. The average Bonchev–Trinajstić information content (AvgIpc) is 2.33. The zero-order chi connectivity index (χ0) is 12.5. The van der Waals surface area contributed by atoms with Crippen LogP contribution in [0.4, 0.5) is 0 Å². The number of aliphatic hydroxyl groups excluding tert-OH is 1. The molecule has 1 saturated carbocycles. The lowest BCUT2D eigenvalue weighted by atomic mass is 9.71. The summed E-state index contributed by atoms with van der Waals surface area (Å²) in [6.45, 7) is 9.17. The third-order valence-electron chi connectivity index (χ3n) is 5.08. The molecule has 2 heteroatoms. The summed E-state index contributed by atoms with van der Waals surface area (Å²) in [5.41, 5.74) is 0.113. The third-order valence-corrected chi connectivity index (χ3v) is 5.08. The molecule has 1 aliphatic heterocycles. The molecule has 1 N–H and O–H groups in total. The van der Waals surface area contributed by atoms with Gasteiger partial charge in [-0.3, -0.25) is 4.90 Å². The molecule has 1 saturated heterocycles. The van der Waals surface area contributed by atoms with E-state index in [2.05, 4.69) is 25.7 Å². The van der Waals surface area contributed by atoms with Crippen LogP contribution in [0.1, 0.15) is 59.3 Å². The largest absolute Gasteiger partial charge is 0.391 e. The van der Waals surface area contributed by atoms with Gasteiger partial charge in [-0.1, -0.05) is 33.6 Å². The van der Waals surface area contributed by atoms with E-state index in [-0.39, 0.29) is 11.5 Å². The van der Waals surface area contributed by atoms with E-state index in [9.17, 15) is 5.11 Å². The van der Waals surface area contributed by atoms with Crippen molar-refractivity contribution in [3.8, 4) is 0 Å². The van der Waals surface area contributed by atoms with Crippen LogP contribution >= 0.6 is 0 Å². The van der Waals surface area contributed by atoms with Crippen molar-refractivity contribution in [1.82, 2.24) is 4.90 Å². The van der Waals surface area contributed by atoms with E-state index in [1.807, 2.05) is 0 Å². The molecule has 100 valence electrons. The second kappa shape index (κ2) is 5.27. The van der Waals surface area contributed by atoms with Gasteiger partial charge in [0.25, 0.3) is 0 Å². The fourth-order valence-electron chi connectivity index (χ4n) is 3.71. The highest BCUT2D eigenvalue weighted by Crippen LogP contribution is 2.38. The highest BCUT2D eigenvalue weighted by molar-refractivity contribution is 4.94. The van der Waals surface area contributed by atoms with Gasteiger partial charge in [0, 0.05) is 12.6 Å². The molecule has 0 spiro atoms. The number of hydrogen-bond acceptors (Lipinski definition) is 2.